The molecule has 1 aromatic carbocycles. The Morgan fingerprint density at radius 2 is 2.03 bits per heavy atom. The van der Waals surface area contributed by atoms with Gasteiger partial charge in [-0.25, -0.2) is 0 Å². The van der Waals surface area contributed by atoms with Crippen LogP contribution in [0.15, 0.2) is 41.6 Å². The summed E-state index contributed by atoms with van der Waals surface area (Å²) in [6.07, 6.45) is 6.58. The number of nitrogens with one attached hydrogen (secondary N) is 1. The van der Waals surface area contributed by atoms with E-state index >= 15 is 0 Å². The van der Waals surface area contributed by atoms with Crippen molar-refractivity contribution in [2.75, 3.05) is 39.0 Å². The molecule has 0 spiro atoms. The number of aromatic nitrogens is 2. The van der Waals surface area contributed by atoms with Crippen LogP contribution >= 0.6 is 11.8 Å². The number of thioether (sulfide) groups is 1. The second-order valence-corrected chi connectivity index (χ2v) is 8.83. The molecule has 2 amide bonds. The van der Waals surface area contributed by atoms with Gasteiger partial charge in [0.05, 0.1) is 18.4 Å². The molecular formula is C21H26N4O3S. The molecule has 2 aliphatic rings. The maximum Gasteiger partial charge on any atom is 0.255 e. The number of aryl methyl sites for hydroxylation is 1. The highest BCUT2D eigenvalue weighted by atomic mass is 32.2. The summed E-state index contributed by atoms with van der Waals surface area (Å²) in [4.78, 5) is 30.5. The van der Waals surface area contributed by atoms with Gasteiger partial charge in [0.2, 0.25) is 5.91 Å². The first kappa shape index (κ1) is 20.0. The number of nitrogens with zero attached hydrogens (tertiary/aromatic N) is 3. The molecule has 8 heteroatoms. The number of carbonyl (C=O) groups is 2. The molecular weight excluding hydrogens is 388 g/mol. The smallest absolute Gasteiger partial charge is 0.255 e. The molecule has 2 saturated heterocycles. The van der Waals surface area contributed by atoms with Crippen molar-refractivity contribution in [2.45, 2.75) is 17.7 Å². The number of fused-ring (bicyclic) bond motifs is 1. The summed E-state index contributed by atoms with van der Waals surface area (Å²) in [7, 11) is 0. The van der Waals surface area contributed by atoms with Crippen LogP contribution in [0.1, 0.15) is 22.3 Å². The quantitative estimate of drug-likeness (QED) is 0.702. The molecule has 2 atom stereocenters. The van der Waals surface area contributed by atoms with Crippen molar-refractivity contribution in [3.05, 3.63) is 47.8 Å². The molecule has 4 rings (SSSR count). The Hall–Kier alpha value is -2.32. The second kappa shape index (κ2) is 8.20. The van der Waals surface area contributed by atoms with E-state index < -0.39 is 5.41 Å². The Bertz CT molecular complexity index is 888. The zero-order chi connectivity index (χ0) is 20.4. The number of likely N-dealkylation sites (tertiary alicyclic amines) is 2. The topological polar surface area (TPSA) is 89.5 Å². The normalized spacial score (nSPS) is 23.4. The Balaban J connectivity index is 1.42. The fourth-order valence-electron chi connectivity index (χ4n) is 4.56. The van der Waals surface area contributed by atoms with Crippen molar-refractivity contribution in [3.63, 3.8) is 0 Å². The van der Waals surface area contributed by atoms with Crippen LogP contribution in [0.25, 0.3) is 0 Å². The molecule has 2 fully saturated rings. The van der Waals surface area contributed by atoms with Crippen molar-refractivity contribution in [1.29, 1.82) is 0 Å². The van der Waals surface area contributed by atoms with E-state index in [-0.39, 0.29) is 24.3 Å². The summed E-state index contributed by atoms with van der Waals surface area (Å²) in [5, 5.41) is 16.9. The van der Waals surface area contributed by atoms with Crippen LogP contribution in [0.2, 0.25) is 0 Å². The van der Waals surface area contributed by atoms with Crippen LogP contribution in [-0.2, 0) is 11.2 Å². The van der Waals surface area contributed by atoms with Gasteiger partial charge in [0.1, 0.15) is 0 Å². The first-order valence-corrected chi connectivity index (χ1v) is 11.1. The number of H-pyrrole nitrogens is 1. The van der Waals surface area contributed by atoms with Gasteiger partial charge < -0.3 is 14.9 Å². The number of aromatic amines is 1. The zero-order valence-corrected chi connectivity index (χ0v) is 17.3. The van der Waals surface area contributed by atoms with E-state index in [1.165, 1.54) is 0 Å². The highest BCUT2D eigenvalue weighted by Gasteiger charge is 2.54. The van der Waals surface area contributed by atoms with Crippen molar-refractivity contribution in [2.24, 2.45) is 11.3 Å². The van der Waals surface area contributed by atoms with E-state index in [0.29, 0.717) is 44.6 Å². The number of aliphatic hydroxyl groups is 1. The van der Waals surface area contributed by atoms with Gasteiger partial charge in [0, 0.05) is 55.0 Å². The summed E-state index contributed by atoms with van der Waals surface area (Å²) in [5.74, 6) is 0.213. The third-order valence-corrected chi connectivity index (χ3v) is 7.03. The Morgan fingerprint density at radius 1 is 1.28 bits per heavy atom. The minimum atomic E-state index is -0.421. The molecule has 2 unspecified atom stereocenters. The Morgan fingerprint density at radius 3 is 2.72 bits per heavy atom. The van der Waals surface area contributed by atoms with E-state index in [4.69, 9.17) is 0 Å². The van der Waals surface area contributed by atoms with E-state index in [2.05, 4.69) is 10.2 Å². The van der Waals surface area contributed by atoms with Gasteiger partial charge in [-0.15, -0.1) is 11.8 Å². The van der Waals surface area contributed by atoms with E-state index in [1.54, 1.807) is 24.2 Å². The zero-order valence-electron chi connectivity index (χ0n) is 16.5. The van der Waals surface area contributed by atoms with Gasteiger partial charge in [-0.05, 0) is 30.4 Å². The van der Waals surface area contributed by atoms with E-state index in [9.17, 15) is 14.7 Å². The maximum absolute atomic E-state index is 13.1. The van der Waals surface area contributed by atoms with Crippen molar-refractivity contribution in [3.8, 4) is 0 Å². The molecule has 7 nitrogen and oxygen atoms in total. The lowest BCUT2D eigenvalue weighted by molar-refractivity contribution is -0.130. The minimum Gasteiger partial charge on any atom is -0.396 e. The van der Waals surface area contributed by atoms with Gasteiger partial charge in [-0.1, -0.05) is 12.1 Å². The van der Waals surface area contributed by atoms with Gasteiger partial charge in [0.25, 0.3) is 5.91 Å². The number of aliphatic hydroxyl groups excluding tert-OH is 1. The summed E-state index contributed by atoms with van der Waals surface area (Å²) in [6.45, 7) is 2.15. The Kier molecular flexibility index (Phi) is 5.65. The molecule has 29 heavy (non-hydrogen) atoms. The molecule has 0 saturated carbocycles. The van der Waals surface area contributed by atoms with Gasteiger partial charge in [0.15, 0.2) is 0 Å². The number of hydrogen-bond donors (Lipinski definition) is 2. The largest absolute Gasteiger partial charge is 0.396 e. The van der Waals surface area contributed by atoms with Gasteiger partial charge in [-0.2, -0.15) is 5.10 Å². The van der Waals surface area contributed by atoms with Crippen molar-refractivity contribution >= 4 is 23.6 Å². The molecule has 2 aliphatic heterocycles. The van der Waals surface area contributed by atoms with Gasteiger partial charge in [-0.3, -0.25) is 14.7 Å². The lowest BCUT2D eigenvalue weighted by Crippen LogP contribution is -2.40. The number of hydrogen-bond acceptors (Lipinski definition) is 5. The number of rotatable bonds is 6. The molecule has 154 valence electrons. The van der Waals surface area contributed by atoms with Crippen molar-refractivity contribution < 1.29 is 14.7 Å². The average Bonchev–Trinajstić information content (AvgIpc) is 3.46. The molecule has 1 aromatic heterocycles. The molecule has 3 heterocycles. The lowest BCUT2D eigenvalue weighted by Gasteiger charge is -2.27. The lowest BCUT2D eigenvalue weighted by atomic mass is 9.82. The van der Waals surface area contributed by atoms with Crippen LogP contribution in [0, 0.1) is 11.3 Å². The molecule has 2 N–H and O–H groups in total. The first-order chi connectivity index (χ1) is 14.1. The fourth-order valence-corrected chi connectivity index (χ4v) is 5.15. The first-order valence-electron chi connectivity index (χ1n) is 9.85. The third-order valence-electron chi connectivity index (χ3n) is 6.23. The van der Waals surface area contributed by atoms with Crippen LogP contribution < -0.4 is 0 Å². The van der Waals surface area contributed by atoms with Gasteiger partial charge >= 0.3 is 0 Å². The summed E-state index contributed by atoms with van der Waals surface area (Å²) >= 11 is 1.56. The fraction of sp³-hybridized carbons (Fsp3) is 0.476. The highest BCUT2D eigenvalue weighted by molar-refractivity contribution is 7.98. The molecule has 0 radical (unpaired) electrons. The summed E-state index contributed by atoms with van der Waals surface area (Å²) < 4.78 is 0. The molecule has 2 aromatic rings. The number of benzene rings is 1. The van der Waals surface area contributed by atoms with Crippen LogP contribution in [0.3, 0.4) is 0 Å². The SMILES string of the molecule is CSc1ccccc1C(=O)N1CC2CN(C(=O)CCc3cn[nH]c3)CC2(CO)C1. The molecule has 0 bridgehead atoms. The van der Waals surface area contributed by atoms with Crippen LogP contribution in [0.4, 0.5) is 0 Å². The second-order valence-electron chi connectivity index (χ2n) is 7.98. The van der Waals surface area contributed by atoms with Crippen LogP contribution in [-0.4, -0.2) is 76.0 Å². The number of amides is 2. The van der Waals surface area contributed by atoms with Crippen LogP contribution in [0.5, 0.6) is 0 Å². The maximum atomic E-state index is 13.1. The highest BCUT2D eigenvalue weighted by Crippen LogP contribution is 2.43. The number of carbonyl (C=O) groups excluding carboxylic acids is 2. The minimum absolute atomic E-state index is 0.00927. The molecule has 0 aliphatic carbocycles. The average molecular weight is 415 g/mol. The monoisotopic (exact) mass is 414 g/mol. The van der Waals surface area contributed by atoms with E-state index in [1.807, 2.05) is 40.3 Å². The standard InChI is InChI=1S/C21H26N4O3S/c1-29-18-5-3-2-4-17(18)20(28)25-11-16-10-24(12-21(16,13-25)14-26)19(27)7-6-15-8-22-23-9-15/h2-5,8-9,16,26H,6-7,10-14H2,1H3,(H,22,23). The van der Waals surface area contributed by atoms with Crippen molar-refractivity contribution in [1.82, 2.24) is 20.0 Å². The summed E-state index contributed by atoms with van der Waals surface area (Å²) in [5.41, 5.74) is 1.30. The third kappa shape index (κ3) is 3.79. The predicted molar refractivity (Wildman–Crippen MR) is 111 cm³/mol. The Labute approximate surface area is 174 Å². The van der Waals surface area contributed by atoms with E-state index in [0.717, 1.165) is 10.5 Å². The summed E-state index contributed by atoms with van der Waals surface area (Å²) in [6, 6.07) is 7.63. The predicted octanol–water partition coefficient (Wildman–Crippen LogP) is 1.66.